The van der Waals surface area contributed by atoms with Gasteiger partial charge in [0, 0.05) is 12.1 Å². The van der Waals surface area contributed by atoms with Crippen LogP contribution in [0.2, 0.25) is 0 Å². The molecule has 27 heavy (non-hydrogen) atoms. The second kappa shape index (κ2) is 8.54. The van der Waals surface area contributed by atoms with Crippen molar-refractivity contribution in [2.24, 2.45) is 0 Å². The fourth-order valence-electron chi connectivity index (χ4n) is 2.82. The second-order valence-corrected chi connectivity index (χ2v) is 6.60. The Morgan fingerprint density at radius 3 is 2.56 bits per heavy atom. The van der Waals surface area contributed by atoms with E-state index in [4.69, 9.17) is 9.47 Å². The van der Waals surface area contributed by atoms with Gasteiger partial charge >= 0.3 is 5.97 Å². The number of carbonyl (C=O) groups excluding carboxylic acids is 2. The van der Waals surface area contributed by atoms with Crippen LogP contribution in [-0.4, -0.2) is 31.1 Å². The smallest absolute Gasteiger partial charge is 0.338 e. The van der Waals surface area contributed by atoms with Gasteiger partial charge in [0.05, 0.1) is 5.57 Å². The molecule has 5 heteroatoms. The van der Waals surface area contributed by atoms with Gasteiger partial charge in [-0.05, 0) is 30.5 Å². The highest BCUT2D eigenvalue weighted by atomic mass is 16.6. The van der Waals surface area contributed by atoms with Gasteiger partial charge in [-0.1, -0.05) is 55.5 Å². The Balaban J connectivity index is 1.52. The van der Waals surface area contributed by atoms with Crippen LogP contribution in [0.4, 0.5) is 0 Å². The van der Waals surface area contributed by atoms with Crippen LogP contribution in [0, 0.1) is 0 Å². The van der Waals surface area contributed by atoms with Gasteiger partial charge in [-0.25, -0.2) is 4.79 Å². The Kier molecular flexibility index (Phi) is 5.91. The number of benzene rings is 2. The zero-order valence-corrected chi connectivity index (χ0v) is 15.5. The van der Waals surface area contributed by atoms with Crippen LogP contribution < -0.4 is 10.1 Å². The van der Waals surface area contributed by atoms with E-state index >= 15 is 0 Å². The summed E-state index contributed by atoms with van der Waals surface area (Å²) >= 11 is 0. The molecule has 1 amide bonds. The maximum absolute atomic E-state index is 12.3. The molecule has 1 aliphatic rings. The Labute approximate surface area is 159 Å². The summed E-state index contributed by atoms with van der Waals surface area (Å²) in [5, 5.41) is 2.84. The molecule has 0 saturated heterocycles. The van der Waals surface area contributed by atoms with Gasteiger partial charge in [-0.2, -0.15) is 0 Å². The summed E-state index contributed by atoms with van der Waals surface area (Å²) in [7, 11) is 0. The van der Waals surface area contributed by atoms with Crippen molar-refractivity contribution in [1.29, 1.82) is 0 Å². The molecule has 2 aromatic rings. The van der Waals surface area contributed by atoms with Crippen LogP contribution in [0.1, 0.15) is 30.9 Å². The first kappa shape index (κ1) is 18.7. The third kappa shape index (κ3) is 4.76. The predicted molar refractivity (Wildman–Crippen MR) is 103 cm³/mol. The van der Waals surface area contributed by atoms with Crippen LogP contribution >= 0.6 is 0 Å². The Morgan fingerprint density at radius 2 is 1.78 bits per heavy atom. The van der Waals surface area contributed by atoms with E-state index in [2.05, 4.69) is 5.32 Å². The summed E-state index contributed by atoms with van der Waals surface area (Å²) in [6.07, 6.45) is 0.863. The van der Waals surface area contributed by atoms with E-state index in [9.17, 15) is 9.59 Å². The van der Waals surface area contributed by atoms with Crippen molar-refractivity contribution in [2.75, 3.05) is 13.2 Å². The van der Waals surface area contributed by atoms with Crippen molar-refractivity contribution in [3.8, 4) is 5.75 Å². The van der Waals surface area contributed by atoms with Gasteiger partial charge in [0.25, 0.3) is 5.91 Å². The average molecular weight is 365 g/mol. The molecule has 0 aliphatic carbocycles. The first-order valence-electron chi connectivity index (χ1n) is 9.00. The number of rotatable bonds is 6. The highest BCUT2D eigenvalue weighted by Gasteiger charge is 2.23. The van der Waals surface area contributed by atoms with Crippen molar-refractivity contribution in [1.82, 2.24) is 5.32 Å². The second-order valence-electron chi connectivity index (χ2n) is 6.60. The number of para-hydroxylation sites is 1. The number of nitrogens with one attached hydrogen (secondary N) is 1. The lowest BCUT2D eigenvalue weighted by Gasteiger charge is -2.19. The molecule has 3 rings (SSSR count). The fourth-order valence-corrected chi connectivity index (χ4v) is 2.82. The molecule has 0 radical (unpaired) electrons. The first-order valence-corrected chi connectivity index (χ1v) is 9.00. The van der Waals surface area contributed by atoms with E-state index in [-0.39, 0.29) is 18.4 Å². The normalized spacial score (nSPS) is 14.8. The molecule has 0 fully saturated rings. The number of amides is 1. The number of carbonyl (C=O) groups is 2. The molecular weight excluding hydrogens is 342 g/mol. The van der Waals surface area contributed by atoms with Crippen molar-refractivity contribution in [3.63, 3.8) is 0 Å². The summed E-state index contributed by atoms with van der Waals surface area (Å²) in [6, 6.07) is 17.4. The number of esters is 1. The van der Waals surface area contributed by atoms with Gasteiger partial charge in [-0.15, -0.1) is 0 Å². The first-order chi connectivity index (χ1) is 13.0. The minimum absolute atomic E-state index is 0.134. The molecule has 1 heterocycles. The van der Waals surface area contributed by atoms with E-state index < -0.39 is 12.1 Å². The zero-order valence-electron chi connectivity index (χ0n) is 15.5. The lowest BCUT2D eigenvalue weighted by molar-refractivity contribution is -0.151. The van der Waals surface area contributed by atoms with Gasteiger partial charge in [0.2, 0.25) is 0 Å². The van der Waals surface area contributed by atoms with E-state index in [0.29, 0.717) is 12.1 Å². The van der Waals surface area contributed by atoms with Gasteiger partial charge in [0.15, 0.2) is 6.10 Å². The van der Waals surface area contributed by atoms with E-state index in [1.54, 1.807) is 13.0 Å². The summed E-state index contributed by atoms with van der Waals surface area (Å²) in [5.74, 6) is 0.0471. The molecule has 2 atom stereocenters. The molecule has 0 spiro atoms. The maximum Gasteiger partial charge on any atom is 0.338 e. The van der Waals surface area contributed by atoms with Crippen LogP contribution in [0.25, 0.3) is 6.08 Å². The molecule has 1 aliphatic heterocycles. The predicted octanol–water partition coefficient (Wildman–Crippen LogP) is 3.31. The van der Waals surface area contributed by atoms with Crippen molar-refractivity contribution >= 4 is 18.0 Å². The molecule has 0 saturated carbocycles. The van der Waals surface area contributed by atoms with E-state index in [1.165, 1.54) is 0 Å². The number of fused-ring (bicyclic) bond motifs is 1. The van der Waals surface area contributed by atoms with Crippen molar-refractivity contribution < 1.29 is 19.1 Å². The lowest BCUT2D eigenvalue weighted by atomic mass is 10.0. The fraction of sp³-hybridized carbons (Fsp3) is 0.273. The quantitative estimate of drug-likeness (QED) is 0.798. The van der Waals surface area contributed by atoms with Gasteiger partial charge < -0.3 is 14.8 Å². The number of ether oxygens (including phenoxy) is 2. The molecule has 0 unspecified atom stereocenters. The van der Waals surface area contributed by atoms with Gasteiger partial charge in [0.1, 0.15) is 12.4 Å². The average Bonchev–Trinajstić information content (AvgIpc) is 2.71. The molecule has 2 aromatic carbocycles. The third-order valence-corrected chi connectivity index (χ3v) is 4.50. The Morgan fingerprint density at radius 1 is 1.07 bits per heavy atom. The molecular formula is C22H23NO4. The summed E-state index contributed by atoms with van der Waals surface area (Å²) < 4.78 is 10.9. The summed E-state index contributed by atoms with van der Waals surface area (Å²) in [4.78, 5) is 24.6. The molecule has 0 aromatic heterocycles. The Bertz CT molecular complexity index is 844. The van der Waals surface area contributed by atoms with Crippen LogP contribution in [0.15, 0.2) is 60.2 Å². The van der Waals surface area contributed by atoms with Gasteiger partial charge in [-0.3, -0.25) is 4.79 Å². The third-order valence-electron chi connectivity index (χ3n) is 4.50. The summed E-state index contributed by atoms with van der Waals surface area (Å²) in [6.45, 7) is 4.21. The van der Waals surface area contributed by atoms with Crippen LogP contribution in [-0.2, 0) is 14.3 Å². The number of hydrogen-bond acceptors (Lipinski definition) is 4. The SMILES string of the molecule is C[C@H](CNC(=O)[C@@H](C)OC(=O)C1=Cc2ccccc2OC1)c1ccccc1. The van der Waals surface area contributed by atoms with E-state index in [0.717, 1.165) is 16.9 Å². The molecule has 1 N–H and O–H groups in total. The van der Waals surface area contributed by atoms with Crippen LogP contribution in [0.3, 0.4) is 0 Å². The minimum Gasteiger partial charge on any atom is -0.488 e. The molecule has 0 bridgehead atoms. The maximum atomic E-state index is 12.3. The topological polar surface area (TPSA) is 64.6 Å². The van der Waals surface area contributed by atoms with Crippen molar-refractivity contribution in [3.05, 3.63) is 71.3 Å². The van der Waals surface area contributed by atoms with Crippen molar-refractivity contribution in [2.45, 2.75) is 25.9 Å². The highest BCUT2D eigenvalue weighted by molar-refractivity contribution is 5.96. The monoisotopic (exact) mass is 365 g/mol. The number of hydrogen-bond donors (Lipinski definition) is 1. The van der Waals surface area contributed by atoms with E-state index in [1.807, 2.05) is 61.5 Å². The highest BCUT2D eigenvalue weighted by Crippen LogP contribution is 2.26. The minimum atomic E-state index is -0.876. The standard InChI is InChI=1S/C22H23NO4/c1-15(17-8-4-3-5-9-17)13-23-21(24)16(2)27-22(25)19-12-18-10-6-7-11-20(18)26-14-19/h3-12,15-16H,13-14H2,1-2H3,(H,23,24)/t15-,16-/m1/s1. The Hall–Kier alpha value is -3.08. The molecule has 140 valence electrons. The molecule has 5 nitrogen and oxygen atoms in total. The summed E-state index contributed by atoms with van der Waals surface area (Å²) in [5.41, 5.74) is 2.36. The van der Waals surface area contributed by atoms with Crippen LogP contribution in [0.5, 0.6) is 5.75 Å². The largest absolute Gasteiger partial charge is 0.488 e. The zero-order chi connectivity index (χ0) is 19.2. The lowest BCUT2D eigenvalue weighted by Crippen LogP contribution is -2.38.